The number of aromatic nitrogens is 2. The molecule has 0 saturated carbocycles. The molecule has 0 saturated heterocycles. The topological polar surface area (TPSA) is 70.6 Å². The van der Waals surface area contributed by atoms with Gasteiger partial charge < -0.3 is 19.0 Å². The third kappa shape index (κ3) is 4.49. The van der Waals surface area contributed by atoms with E-state index in [1.165, 1.54) is 28.1 Å². The predicted molar refractivity (Wildman–Crippen MR) is 212 cm³/mol. The summed E-state index contributed by atoms with van der Waals surface area (Å²) in [7, 11) is 0. The quantitative estimate of drug-likeness (QED) is 0.191. The van der Waals surface area contributed by atoms with Crippen molar-refractivity contribution in [1.82, 2.24) is 9.13 Å². The summed E-state index contributed by atoms with van der Waals surface area (Å²) in [6.07, 6.45) is 1.37. The Morgan fingerprint density at radius 2 is 1.16 bits per heavy atom. The van der Waals surface area contributed by atoms with Crippen LogP contribution >= 0.6 is 0 Å². The van der Waals surface area contributed by atoms with Crippen molar-refractivity contribution < 1.29 is 4.42 Å². The smallest absolute Gasteiger partial charge is 0.145 e. The lowest BCUT2D eigenvalue weighted by molar-refractivity contribution is 0.590. The largest absolute Gasteiger partial charge is 0.455 e. The van der Waals surface area contributed by atoms with Crippen LogP contribution in [0, 0.1) is 16.7 Å². The minimum atomic E-state index is -0.0201. The lowest BCUT2D eigenvalue weighted by Gasteiger charge is -2.19. The molecule has 248 valence electrons. The highest BCUT2D eigenvalue weighted by atomic mass is 16.3. The van der Waals surface area contributed by atoms with E-state index in [1.807, 2.05) is 30.3 Å². The normalized spacial score (nSPS) is 12.6. The number of fused-ring (bicyclic) bond motifs is 10. The van der Waals surface area contributed by atoms with Crippen molar-refractivity contribution >= 4 is 71.8 Å². The highest BCUT2D eigenvalue weighted by molar-refractivity contribution is 6.24. The minimum Gasteiger partial charge on any atom is -0.455 e. The zero-order valence-corrected chi connectivity index (χ0v) is 29.7. The molecule has 1 N–H and O–H groups in total. The number of nitrogens with one attached hydrogen (secondary N) is 1. The average Bonchev–Trinajstić information content (AvgIpc) is 3.77. The van der Waals surface area contributed by atoms with Gasteiger partial charge >= 0.3 is 0 Å². The zero-order chi connectivity index (χ0) is 35.4. The van der Waals surface area contributed by atoms with E-state index in [2.05, 4.69) is 136 Å². The first-order valence-electron chi connectivity index (χ1n) is 17.5. The fraction of sp³-hybridized carbons (Fsp3) is 0.174. The standard InChI is InChI=1S/C46H38N4O/c1-45(2,3)29-15-18-37-34(22-29)35-23-30(46(4,5)6)16-19-38(35)49(37)40-24-41(28(26-48)21-27(40)25-47)50-36-13-9-7-12-33(36)43-39(50)20-17-32-31-11-8-10-14-42(31)51-44(32)43/h7-25,47H,1-6H3. The summed E-state index contributed by atoms with van der Waals surface area (Å²) >= 11 is 0. The van der Waals surface area contributed by atoms with Gasteiger partial charge in [0.15, 0.2) is 0 Å². The molecule has 3 aromatic heterocycles. The van der Waals surface area contributed by atoms with E-state index in [0.29, 0.717) is 11.1 Å². The second kappa shape index (κ2) is 10.7. The molecule has 0 atom stereocenters. The fourth-order valence-corrected chi connectivity index (χ4v) is 7.89. The van der Waals surface area contributed by atoms with Crippen LogP contribution in [0.4, 0.5) is 0 Å². The molecular formula is C46H38N4O. The van der Waals surface area contributed by atoms with Crippen LogP contribution in [0.2, 0.25) is 0 Å². The number of nitriles is 1. The summed E-state index contributed by atoms with van der Waals surface area (Å²) < 4.78 is 11.0. The first kappa shape index (κ1) is 30.9. The Bertz CT molecular complexity index is 2890. The van der Waals surface area contributed by atoms with E-state index in [0.717, 1.165) is 66.2 Å². The van der Waals surface area contributed by atoms with Crippen LogP contribution in [-0.2, 0) is 10.8 Å². The monoisotopic (exact) mass is 662 g/mol. The molecule has 0 amide bonds. The van der Waals surface area contributed by atoms with Crippen LogP contribution in [0.3, 0.4) is 0 Å². The van der Waals surface area contributed by atoms with Crippen molar-refractivity contribution in [3.05, 3.63) is 131 Å². The van der Waals surface area contributed by atoms with Crippen molar-refractivity contribution in [2.24, 2.45) is 0 Å². The van der Waals surface area contributed by atoms with E-state index >= 15 is 0 Å². The summed E-state index contributed by atoms with van der Waals surface area (Å²) in [5.74, 6) is 0. The molecule has 0 unspecified atom stereocenters. The van der Waals surface area contributed by atoms with Gasteiger partial charge in [-0.15, -0.1) is 0 Å². The van der Waals surface area contributed by atoms with E-state index in [1.54, 1.807) is 0 Å². The van der Waals surface area contributed by atoms with Crippen molar-refractivity contribution in [3.8, 4) is 17.4 Å². The van der Waals surface area contributed by atoms with Gasteiger partial charge in [0.2, 0.25) is 0 Å². The molecule has 6 aromatic carbocycles. The maximum absolute atomic E-state index is 10.7. The highest BCUT2D eigenvalue weighted by Gasteiger charge is 2.25. The molecule has 5 nitrogen and oxygen atoms in total. The van der Waals surface area contributed by atoms with Gasteiger partial charge in [0, 0.05) is 38.7 Å². The van der Waals surface area contributed by atoms with E-state index < -0.39 is 0 Å². The van der Waals surface area contributed by atoms with Gasteiger partial charge in [0.25, 0.3) is 0 Å². The summed E-state index contributed by atoms with van der Waals surface area (Å²) in [6, 6.07) is 40.8. The highest BCUT2D eigenvalue weighted by Crippen LogP contribution is 2.43. The first-order chi connectivity index (χ1) is 24.5. The van der Waals surface area contributed by atoms with Crippen LogP contribution in [0.5, 0.6) is 0 Å². The van der Waals surface area contributed by atoms with Crippen molar-refractivity contribution in [1.29, 1.82) is 10.7 Å². The van der Waals surface area contributed by atoms with Crippen LogP contribution < -0.4 is 0 Å². The van der Waals surface area contributed by atoms with E-state index in [4.69, 9.17) is 9.83 Å². The van der Waals surface area contributed by atoms with Gasteiger partial charge in [-0.05, 0) is 82.6 Å². The van der Waals surface area contributed by atoms with E-state index in [9.17, 15) is 5.26 Å². The summed E-state index contributed by atoms with van der Waals surface area (Å²) in [5.41, 5.74) is 11.0. The second-order valence-electron chi connectivity index (χ2n) is 15.8. The van der Waals surface area contributed by atoms with Crippen LogP contribution in [0.25, 0.3) is 76.9 Å². The third-order valence-corrected chi connectivity index (χ3v) is 10.6. The third-order valence-electron chi connectivity index (χ3n) is 10.6. The molecule has 0 fully saturated rings. The lowest BCUT2D eigenvalue weighted by atomic mass is 9.85. The molecule has 0 aliphatic carbocycles. The molecule has 5 heteroatoms. The number of hydrogen-bond donors (Lipinski definition) is 1. The van der Waals surface area contributed by atoms with Crippen LogP contribution in [-0.4, -0.2) is 15.3 Å². The molecule has 0 radical (unpaired) electrons. The Kier molecular flexibility index (Phi) is 6.48. The molecule has 0 spiro atoms. The molecule has 0 aliphatic heterocycles. The number of furan rings is 1. The minimum absolute atomic E-state index is 0.0201. The summed E-state index contributed by atoms with van der Waals surface area (Å²) in [5, 5.41) is 25.8. The average molecular weight is 663 g/mol. The van der Waals surface area contributed by atoms with E-state index in [-0.39, 0.29) is 10.8 Å². The van der Waals surface area contributed by atoms with Crippen LogP contribution in [0.15, 0.2) is 114 Å². The SMILES string of the molecule is CC(C)(C)c1ccc2c(c1)c1cc(C(C)(C)C)ccc1n2-c1cc(-n2c3ccccc3c3c4oc5ccccc5c4ccc32)c(C#N)cc1C=N. The first-order valence-corrected chi connectivity index (χ1v) is 17.5. The number of benzene rings is 6. The summed E-state index contributed by atoms with van der Waals surface area (Å²) in [6.45, 7) is 13.5. The molecular weight excluding hydrogens is 625 g/mol. The predicted octanol–water partition coefficient (Wildman–Crippen LogP) is 12.2. The number of rotatable bonds is 3. The number of hydrogen-bond acceptors (Lipinski definition) is 3. The maximum Gasteiger partial charge on any atom is 0.145 e. The molecule has 0 bridgehead atoms. The lowest BCUT2D eigenvalue weighted by Crippen LogP contribution is -2.10. The molecule has 0 aliphatic rings. The number of nitrogens with zero attached hydrogens (tertiary/aromatic N) is 3. The zero-order valence-electron chi connectivity index (χ0n) is 29.7. The van der Waals surface area contributed by atoms with Gasteiger partial charge in [-0.2, -0.15) is 5.26 Å². The Balaban J connectivity index is 1.40. The Hall–Kier alpha value is -6.12. The Morgan fingerprint density at radius 1 is 0.588 bits per heavy atom. The van der Waals surface area contributed by atoms with Gasteiger partial charge in [-0.25, -0.2) is 0 Å². The molecule has 9 rings (SSSR count). The van der Waals surface area contributed by atoms with Crippen molar-refractivity contribution in [2.75, 3.05) is 0 Å². The summed E-state index contributed by atoms with van der Waals surface area (Å²) in [4.78, 5) is 0. The molecule has 9 aromatic rings. The van der Waals surface area contributed by atoms with Crippen molar-refractivity contribution in [3.63, 3.8) is 0 Å². The van der Waals surface area contributed by atoms with Gasteiger partial charge in [-0.1, -0.05) is 90.1 Å². The Morgan fingerprint density at radius 3 is 1.78 bits per heavy atom. The maximum atomic E-state index is 10.7. The van der Waals surface area contributed by atoms with Gasteiger partial charge in [-0.3, -0.25) is 0 Å². The van der Waals surface area contributed by atoms with Gasteiger partial charge in [0.1, 0.15) is 17.2 Å². The second-order valence-corrected chi connectivity index (χ2v) is 15.8. The number of para-hydroxylation sites is 2. The van der Waals surface area contributed by atoms with Crippen LogP contribution in [0.1, 0.15) is 63.8 Å². The molecule has 51 heavy (non-hydrogen) atoms. The fourth-order valence-electron chi connectivity index (χ4n) is 7.89. The van der Waals surface area contributed by atoms with Crippen molar-refractivity contribution in [2.45, 2.75) is 52.4 Å². The molecule has 3 heterocycles. The van der Waals surface area contributed by atoms with Gasteiger partial charge in [0.05, 0.1) is 44.4 Å². The Labute approximate surface area is 296 Å².